The van der Waals surface area contributed by atoms with E-state index >= 15 is 0 Å². The van der Waals surface area contributed by atoms with E-state index in [1.54, 1.807) is 12.1 Å². The fourth-order valence-electron chi connectivity index (χ4n) is 1.33. The molecule has 4 heteroatoms. The summed E-state index contributed by atoms with van der Waals surface area (Å²) in [6.45, 7) is 4.15. The van der Waals surface area contributed by atoms with E-state index in [1.165, 1.54) is 0 Å². The molecule has 0 radical (unpaired) electrons. The van der Waals surface area contributed by atoms with Gasteiger partial charge in [-0.2, -0.15) is 0 Å². The number of carbonyl (C=O) groups excluding carboxylic acids is 2. The highest BCUT2D eigenvalue weighted by atomic mass is 16.5. The Hall–Kier alpha value is -1.58. The minimum Gasteiger partial charge on any atom is -0.460 e. The van der Waals surface area contributed by atoms with Crippen LogP contribution in [0.5, 0.6) is 0 Å². The summed E-state index contributed by atoms with van der Waals surface area (Å²) in [6, 6.07) is 3.30. The summed E-state index contributed by atoms with van der Waals surface area (Å²) in [6.07, 6.45) is 2.30. The van der Waals surface area contributed by atoms with Gasteiger partial charge in [0.1, 0.15) is 11.5 Å². The maximum absolute atomic E-state index is 11.4. The number of aryl methyl sites for hydroxylation is 1. The van der Waals surface area contributed by atoms with Crippen molar-refractivity contribution in [2.45, 2.75) is 39.5 Å². The largest absolute Gasteiger partial charge is 0.460 e. The second-order valence-electron chi connectivity index (χ2n) is 3.79. The second kappa shape index (κ2) is 6.89. The smallest absolute Gasteiger partial charge is 0.374 e. The fraction of sp³-hybridized carbons (Fsp3) is 0.538. The summed E-state index contributed by atoms with van der Waals surface area (Å²) < 4.78 is 10.2. The fourth-order valence-corrected chi connectivity index (χ4v) is 1.33. The molecule has 0 spiro atoms. The van der Waals surface area contributed by atoms with Gasteiger partial charge >= 0.3 is 5.97 Å². The van der Waals surface area contributed by atoms with Gasteiger partial charge < -0.3 is 9.15 Å². The molecule has 0 fully saturated rings. The Bertz CT molecular complexity index is 379. The summed E-state index contributed by atoms with van der Waals surface area (Å²) in [5.74, 6) is 0.601. The lowest BCUT2D eigenvalue weighted by atomic mass is 10.1. The molecule has 0 aromatic carbocycles. The first-order valence-corrected chi connectivity index (χ1v) is 5.94. The second-order valence-corrected chi connectivity index (χ2v) is 3.79. The first kappa shape index (κ1) is 13.5. The summed E-state index contributed by atoms with van der Waals surface area (Å²) in [7, 11) is 0. The number of esters is 1. The molecule has 1 aromatic rings. The normalized spacial score (nSPS) is 10.2. The monoisotopic (exact) mass is 238 g/mol. The van der Waals surface area contributed by atoms with Gasteiger partial charge in [-0.25, -0.2) is 4.79 Å². The molecule has 17 heavy (non-hydrogen) atoms. The lowest BCUT2D eigenvalue weighted by Crippen LogP contribution is -2.04. The molecule has 94 valence electrons. The van der Waals surface area contributed by atoms with Crippen LogP contribution >= 0.6 is 0 Å². The van der Waals surface area contributed by atoms with Gasteiger partial charge in [-0.1, -0.05) is 13.8 Å². The average Bonchev–Trinajstić information content (AvgIpc) is 2.81. The first-order valence-electron chi connectivity index (χ1n) is 5.94. The van der Waals surface area contributed by atoms with Crippen LogP contribution in [0.4, 0.5) is 0 Å². The lowest BCUT2D eigenvalue weighted by Gasteiger charge is -1.99. The molecule has 0 saturated carbocycles. The molecule has 1 heterocycles. The first-order chi connectivity index (χ1) is 8.17. The molecular formula is C13H18O4. The lowest BCUT2D eigenvalue weighted by molar-refractivity contribution is -0.118. The van der Waals surface area contributed by atoms with E-state index < -0.39 is 5.97 Å². The highest BCUT2D eigenvalue weighted by Crippen LogP contribution is 2.12. The van der Waals surface area contributed by atoms with Crippen LogP contribution < -0.4 is 0 Å². The third-order valence-corrected chi connectivity index (χ3v) is 2.34. The molecule has 0 saturated heterocycles. The number of hydrogen-bond donors (Lipinski definition) is 0. The van der Waals surface area contributed by atoms with E-state index in [2.05, 4.69) is 0 Å². The Morgan fingerprint density at radius 1 is 1.29 bits per heavy atom. The van der Waals surface area contributed by atoms with Crippen LogP contribution in [0.3, 0.4) is 0 Å². The van der Waals surface area contributed by atoms with Crippen LogP contribution in [0.1, 0.15) is 49.4 Å². The van der Waals surface area contributed by atoms with Gasteiger partial charge in [-0.15, -0.1) is 0 Å². The van der Waals surface area contributed by atoms with E-state index in [4.69, 9.17) is 9.15 Å². The number of Topliss-reactive ketones (excluding diaryl/α,β-unsaturated/α-hetero) is 1. The van der Waals surface area contributed by atoms with Crippen LogP contribution in [-0.2, 0) is 16.0 Å². The van der Waals surface area contributed by atoms with Crippen molar-refractivity contribution in [1.29, 1.82) is 0 Å². The van der Waals surface area contributed by atoms with Crippen molar-refractivity contribution in [3.05, 3.63) is 23.7 Å². The molecule has 0 aliphatic carbocycles. The Morgan fingerprint density at radius 3 is 2.71 bits per heavy atom. The van der Waals surface area contributed by atoms with Crippen LogP contribution in [0.15, 0.2) is 16.5 Å². The summed E-state index contributed by atoms with van der Waals surface area (Å²) in [5, 5.41) is 0. The van der Waals surface area contributed by atoms with Gasteiger partial charge in [-0.05, 0) is 18.6 Å². The molecule has 1 rings (SSSR count). The zero-order valence-electron chi connectivity index (χ0n) is 10.3. The van der Waals surface area contributed by atoms with Crippen molar-refractivity contribution in [1.82, 2.24) is 0 Å². The predicted octanol–water partition coefficient (Wildman–Crippen LogP) is 2.76. The summed E-state index contributed by atoms with van der Waals surface area (Å²) >= 11 is 0. The highest BCUT2D eigenvalue weighted by Gasteiger charge is 2.12. The molecule has 0 bridgehead atoms. The van der Waals surface area contributed by atoms with Gasteiger partial charge in [0.2, 0.25) is 5.76 Å². The van der Waals surface area contributed by atoms with Crippen LogP contribution in [0, 0.1) is 0 Å². The van der Waals surface area contributed by atoms with Gasteiger partial charge in [0.05, 0.1) is 6.61 Å². The molecule has 0 N–H and O–H groups in total. The van der Waals surface area contributed by atoms with Gasteiger partial charge in [0.15, 0.2) is 0 Å². The zero-order chi connectivity index (χ0) is 12.7. The Kier molecular flexibility index (Phi) is 5.46. The number of furan rings is 1. The molecule has 1 aromatic heterocycles. The molecule has 0 atom stereocenters. The van der Waals surface area contributed by atoms with E-state index in [0.717, 1.165) is 6.42 Å². The Balaban J connectivity index is 2.47. The van der Waals surface area contributed by atoms with Crippen molar-refractivity contribution in [3.8, 4) is 0 Å². The minimum absolute atomic E-state index is 0.191. The molecule has 4 nitrogen and oxygen atoms in total. The van der Waals surface area contributed by atoms with Crippen molar-refractivity contribution in [2.75, 3.05) is 6.61 Å². The highest BCUT2D eigenvalue weighted by molar-refractivity contribution is 5.86. The van der Waals surface area contributed by atoms with Crippen LogP contribution in [0.25, 0.3) is 0 Å². The standard InChI is InChI=1S/C13H18O4/c1-3-9-16-13(15)12-8-7-11(17-12)6-5-10(14)4-2/h7-8H,3-6,9H2,1-2H3. The molecular weight excluding hydrogens is 220 g/mol. The van der Waals surface area contributed by atoms with E-state index in [9.17, 15) is 9.59 Å². The van der Waals surface area contributed by atoms with E-state index in [0.29, 0.717) is 31.6 Å². The molecule has 0 aliphatic rings. The van der Waals surface area contributed by atoms with Crippen LogP contribution in [0.2, 0.25) is 0 Å². The Morgan fingerprint density at radius 2 is 2.06 bits per heavy atom. The molecule has 0 unspecified atom stereocenters. The average molecular weight is 238 g/mol. The molecule has 0 aliphatic heterocycles. The van der Waals surface area contributed by atoms with Gasteiger partial charge in [0, 0.05) is 19.3 Å². The number of hydrogen-bond acceptors (Lipinski definition) is 4. The number of carbonyl (C=O) groups is 2. The van der Waals surface area contributed by atoms with Gasteiger partial charge in [-0.3, -0.25) is 4.79 Å². The third-order valence-electron chi connectivity index (χ3n) is 2.34. The zero-order valence-corrected chi connectivity index (χ0v) is 10.3. The van der Waals surface area contributed by atoms with Crippen LogP contribution in [-0.4, -0.2) is 18.4 Å². The van der Waals surface area contributed by atoms with E-state index in [1.807, 2.05) is 13.8 Å². The minimum atomic E-state index is -0.445. The quantitative estimate of drug-likeness (QED) is 0.685. The van der Waals surface area contributed by atoms with Crippen molar-refractivity contribution in [2.24, 2.45) is 0 Å². The summed E-state index contributed by atoms with van der Waals surface area (Å²) in [5.41, 5.74) is 0. The van der Waals surface area contributed by atoms with E-state index in [-0.39, 0.29) is 11.5 Å². The van der Waals surface area contributed by atoms with Crippen molar-refractivity contribution >= 4 is 11.8 Å². The number of ketones is 1. The Labute approximate surface area is 101 Å². The van der Waals surface area contributed by atoms with Crippen molar-refractivity contribution < 1.29 is 18.7 Å². The maximum Gasteiger partial charge on any atom is 0.374 e. The van der Waals surface area contributed by atoms with Gasteiger partial charge in [0.25, 0.3) is 0 Å². The topological polar surface area (TPSA) is 56.5 Å². The third kappa shape index (κ3) is 4.43. The predicted molar refractivity (Wildman–Crippen MR) is 62.9 cm³/mol. The SMILES string of the molecule is CCCOC(=O)c1ccc(CCC(=O)CC)o1. The number of ether oxygens (including phenoxy) is 1. The number of rotatable bonds is 7. The summed E-state index contributed by atoms with van der Waals surface area (Å²) in [4.78, 5) is 22.6. The molecule has 0 amide bonds. The van der Waals surface area contributed by atoms with Crippen molar-refractivity contribution in [3.63, 3.8) is 0 Å². The maximum atomic E-state index is 11.4.